The van der Waals surface area contributed by atoms with Gasteiger partial charge in [-0.05, 0) is 24.6 Å². The average Bonchev–Trinajstić information content (AvgIpc) is 2.12. The number of aryl methyl sites for hydroxylation is 1. The molecule has 0 bridgehead atoms. The molecule has 4 heteroatoms. The highest BCUT2D eigenvalue weighted by molar-refractivity contribution is 5.92. The number of hydrogen-bond acceptors (Lipinski definition) is 3. The Morgan fingerprint density at radius 1 is 1.57 bits per heavy atom. The molecule has 0 radical (unpaired) electrons. The van der Waals surface area contributed by atoms with Crippen molar-refractivity contribution >= 4 is 17.3 Å². The smallest absolute Gasteiger partial charge is 0.250 e. The minimum atomic E-state index is -0.179. The van der Waals surface area contributed by atoms with E-state index in [9.17, 15) is 4.79 Å². The first-order valence-corrected chi connectivity index (χ1v) is 4.28. The van der Waals surface area contributed by atoms with Crippen molar-refractivity contribution in [3.63, 3.8) is 0 Å². The summed E-state index contributed by atoms with van der Waals surface area (Å²) >= 11 is 0. The fraction of sp³-hybridized carbons (Fsp3) is 0.300. The molecule has 1 aromatic carbocycles. The minimum absolute atomic E-state index is 0.0498. The normalized spacial score (nSPS) is 9.86. The number of carbonyl (C=O) groups excluding carboxylic acids is 1. The summed E-state index contributed by atoms with van der Waals surface area (Å²) < 4.78 is 4.70. The summed E-state index contributed by atoms with van der Waals surface area (Å²) in [5.74, 6) is -0.179. The third kappa shape index (κ3) is 2.74. The molecule has 0 atom stereocenters. The Hall–Kier alpha value is -1.55. The zero-order valence-corrected chi connectivity index (χ0v) is 8.33. The first-order chi connectivity index (χ1) is 6.63. The van der Waals surface area contributed by atoms with Crippen LogP contribution in [0.4, 0.5) is 11.4 Å². The van der Waals surface area contributed by atoms with Crippen molar-refractivity contribution in [1.29, 1.82) is 0 Å². The monoisotopic (exact) mass is 194 g/mol. The van der Waals surface area contributed by atoms with E-state index in [4.69, 9.17) is 10.5 Å². The number of nitrogen functional groups attached to an aromatic ring is 1. The van der Waals surface area contributed by atoms with Gasteiger partial charge in [-0.1, -0.05) is 6.07 Å². The minimum Gasteiger partial charge on any atom is -0.399 e. The fourth-order valence-electron chi connectivity index (χ4n) is 1.09. The van der Waals surface area contributed by atoms with Gasteiger partial charge in [-0.2, -0.15) is 0 Å². The Bertz CT molecular complexity index is 337. The molecule has 0 saturated carbocycles. The maximum absolute atomic E-state index is 11.2. The Morgan fingerprint density at radius 3 is 2.93 bits per heavy atom. The maximum Gasteiger partial charge on any atom is 0.250 e. The van der Waals surface area contributed by atoms with E-state index in [0.717, 1.165) is 11.3 Å². The SMILES string of the molecule is COCC(=O)Nc1cc(N)ccc1C. The van der Waals surface area contributed by atoms with Gasteiger partial charge in [0.15, 0.2) is 0 Å². The van der Waals surface area contributed by atoms with E-state index in [2.05, 4.69) is 5.32 Å². The van der Waals surface area contributed by atoms with Crippen molar-refractivity contribution in [1.82, 2.24) is 0 Å². The summed E-state index contributed by atoms with van der Waals surface area (Å²) in [6.45, 7) is 1.95. The number of carbonyl (C=O) groups is 1. The van der Waals surface area contributed by atoms with Crippen molar-refractivity contribution in [3.05, 3.63) is 23.8 Å². The number of amides is 1. The molecule has 0 fully saturated rings. The Labute approximate surface area is 83.1 Å². The van der Waals surface area contributed by atoms with Crippen LogP contribution in [0.2, 0.25) is 0 Å². The third-order valence-corrected chi connectivity index (χ3v) is 1.81. The lowest BCUT2D eigenvalue weighted by molar-refractivity contribution is -0.119. The van der Waals surface area contributed by atoms with Gasteiger partial charge in [0.2, 0.25) is 5.91 Å². The number of nitrogens with two attached hydrogens (primary N) is 1. The lowest BCUT2D eigenvalue weighted by atomic mass is 10.2. The topological polar surface area (TPSA) is 64.3 Å². The van der Waals surface area contributed by atoms with Crippen molar-refractivity contribution in [3.8, 4) is 0 Å². The summed E-state index contributed by atoms with van der Waals surface area (Å²) in [6.07, 6.45) is 0. The molecule has 0 unspecified atom stereocenters. The van der Waals surface area contributed by atoms with Gasteiger partial charge in [-0.25, -0.2) is 0 Å². The van der Waals surface area contributed by atoms with Crippen molar-refractivity contribution in [2.45, 2.75) is 6.92 Å². The molecule has 14 heavy (non-hydrogen) atoms. The highest BCUT2D eigenvalue weighted by Gasteiger charge is 2.03. The number of rotatable bonds is 3. The number of nitrogens with one attached hydrogen (secondary N) is 1. The largest absolute Gasteiger partial charge is 0.399 e. The lowest BCUT2D eigenvalue weighted by Gasteiger charge is -2.08. The molecule has 4 nitrogen and oxygen atoms in total. The van der Waals surface area contributed by atoms with Crippen LogP contribution in [0, 0.1) is 6.92 Å². The van der Waals surface area contributed by atoms with E-state index in [1.807, 2.05) is 13.0 Å². The quantitative estimate of drug-likeness (QED) is 0.710. The van der Waals surface area contributed by atoms with E-state index in [-0.39, 0.29) is 12.5 Å². The third-order valence-electron chi connectivity index (χ3n) is 1.81. The van der Waals surface area contributed by atoms with E-state index in [1.165, 1.54) is 7.11 Å². The van der Waals surface area contributed by atoms with E-state index >= 15 is 0 Å². The van der Waals surface area contributed by atoms with Crippen LogP contribution in [-0.4, -0.2) is 19.6 Å². The maximum atomic E-state index is 11.2. The van der Waals surface area contributed by atoms with Gasteiger partial charge in [0.05, 0.1) is 0 Å². The Kier molecular flexibility index (Phi) is 3.48. The van der Waals surface area contributed by atoms with Gasteiger partial charge in [-0.15, -0.1) is 0 Å². The predicted molar refractivity (Wildman–Crippen MR) is 56.1 cm³/mol. The van der Waals surface area contributed by atoms with Crippen LogP contribution >= 0.6 is 0 Å². The van der Waals surface area contributed by atoms with Crippen LogP contribution in [0.25, 0.3) is 0 Å². The second-order valence-electron chi connectivity index (χ2n) is 3.06. The van der Waals surface area contributed by atoms with Gasteiger partial charge < -0.3 is 15.8 Å². The first kappa shape index (κ1) is 10.5. The van der Waals surface area contributed by atoms with Gasteiger partial charge in [0.25, 0.3) is 0 Å². The second kappa shape index (κ2) is 4.62. The molecule has 1 amide bonds. The molecule has 0 saturated heterocycles. The predicted octanol–water partition coefficient (Wildman–Crippen LogP) is 1.16. The highest BCUT2D eigenvalue weighted by atomic mass is 16.5. The number of benzene rings is 1. The van der Waals surface area contributed by atoms with Gasteiger partial charge in [0, 0.05) is 18.5 Å². The molecule has 0 heterocycles. The van der Waals surface area contributed by atoms with Gasteiger partial charge in [-0.3, -0.25) is 4.79 Å². The van der Waals surface area contributed by atoms with E-state index in [0.29, 0.717) is 5.69 Å². The van der Waals surface area contributed by atoms with Gasteiger partial charge >= 0.3 is 0 Å². The first-order valence-electron chi connectivity index (χ1n) is 4.28. The molecule has 0 aliphatic carbocycles. The van der Waals surface area contributed by atoms with Crippen LogP contribution in [0.1, 0.15) is 5.56 Å². The molecular formula is C10H14N2O2. The molecular weight excluding hydrogens is 180 g/mol. The Balaban J connectivity index is 2.75. The van der Waals surface area contributed by atoms with Crippen molar-refractivity contribution in [2.75, 3.05) is 24.8 Å². The molecule has 1 rings (SSSR count). The van der Waals surface area contributed by atoms with Crippen LogP contribution in [-0.2, 0) is 9.53 Å². The summed E-state index contributed by atoms with van der Waals surface area (Å²) in [4.78, 5) is 11.2. The lowest BCUT2D eigenvalue weighted by Crippen LogP contribution is -2.17. The summed E-state index contributed by atoms with van der Waals surface area (Å²) in [7, 11) is 1.48. The van der Waals surface area contributed by atoms with Gasteiger partial charge in [0.1, 0.15) is 6.61 Å². The van der Waals surface area contributed by atoms with Crippen LogP contribution < -0.4 is 11.1 Å². The number of methoxy groups -OCH3 is 1. The van der Waals surface area contributed by atoms with Crippen LogP contribution in [0.15, 0.2) is 18.2 Å². The number of anilines is 2. The van der Waals surface area contributed by atoms with E-state index < -0.39 is 0 Å². The molecule has 0 aromatic heterocycles. The summed E-state index contributed by atoms with van der Waals surface area (Å²) in [6, 6.07) is 5.38. The van der Waals surface area contributed by atoms with Crippen molar-refractivity contribution < 1.29 is 9.53 Å². The fourth-order valence-corrected chi connectivity index (χ4v) is 1.09. The standard InChI is InChI=1S/C10H14N2O2/c1-7-3-4-8(11)5-9(7)12-10(13)6-14-2/h3-5H,6,11H2,1-2H3,(H,12,13). The zero-order valence-electron chi connectivity index (χ0n) is 8.33. The molecule has 0 aliphatic heterocycles. The summed E-state index contributed by atoms with van der Waals surface area (Å²) in [5, 5.41) is 2.71. The number of hydrogen-bond donors (Lipinski definition) is 2. The highest BCUT2D eigenvalue weighted by Crippen LogP contribution is 2.17. The van der Waals surface area contributed by atoms with Crippen LogP contribution in [0.3, 0.4) is 0 Å². The molecule has 3 N–H and O–H groups in total. The Morgan fingerprint density at radius 2 is 2.29 bits per heavy atom. The molecule has 76 valence electrons. The van der Waals surface area contributed by atoms with Crippen LogP contribution in [0.5, 0.6) is 0 Å². The second-order valence-corrected chi connectivity index (χ2v) is 3.06. The zero-order chi connectivity index (χ0) is 10.6. The molecule has 1 aromatic rings. The number of ether oxygens (including phenoxy) is 1. The molecule has 0 spiro atoms. The molecule has 0 aliphatic rings. The van der Waals surface area contributed by atoms with E-state index in [1.54, 1.807) is 12.1 Å². The summed E-state index contributed by atoms with van der Waals surface area (Å²) in [5.41, 5.74) is 7.93. The average molecular weight is 194 g/mol. The van der Waals surface area contributed by atoms with Crippen molar-refractivity contribution in [2.24, 2.45) is 0 Å².